The quantitative estimate of drug-likeness (QED) is 0.450. The molecular weight excluding hydrogens is 484 g/mol. The van der Waals surface area contributed by atoms with Gasteiger partial charge in [0.15, 0.2) is 0 Å². The van der Waals surface area contributed by atoms with Crippen molar-refractivity contribution in [2.24, 2.45) is 0 Å². The van der Waals surface area contributed by atoms with Gasteiger partial charge in [-0.2, -0.15) is 4.72 Å². The normalized spacial score (nSPS) is 20.6. The van der Waals surface area contributed by atoms with Gasteiger partial charge in [-0.1, -0.05) is 42.5 Å². The predicted octanol–water partition coefficient (Wildman–Crippen LogP) is 0.887. The third-order valence-electron chi connectivity index (χ3n) is 6.70. The van der Waals surface area contributed by atoms with Gasteiger partial charge in [-0.05, 0) is 42.0 Å². The number of fused-ring (bicyclic) bond motifs is 1. The van der Waals surface area contributed by atoms with Crippen molar-refractivity contribution in [1.29, 1.82) is 0 Å². The lowest BCUT2D eigenvalue weighted by Gasteiger charge is -2.29. The summed E-state index contributed by atoms with van der Waals surface area (Å²) in [5.41, 5.74) is 2.48. The third-order valence-corrected chi connectivity index (χ3v) is 8.61. The molecule has 5 rings (SSSR count). The fraction of sp³-hybridized carbons (Fsp3) is 0.360. The molecule has 0 aromatic heterocycles. The molecule has 11 heteroatoms. The molecule has 4 amide bonds. The van der Waals surface area contributed by atoms with E-state index in [1.54, 1.807) is 48.5 Å². The Morgan fingerprint density at radius 3 is 2.50 bits per heavy atom. The van der Waals surface area contributed by atoms with Crippen LogP contribution < -0.4 is 15.4 Å². The van der Waals surface area contributed by atoms with E-state index >= 15 is 0 Å². The monoisotopic (exact) mass is 510 g/mol. The first kappa shape index (κ1) is 24.1. The Balaban J connectivity index is 1.27. The zero-order valence-corrected chi connectivity index (χ0v) is 20.2. The lowest BCUT2D eigenvalue weighted by atomic mass is 10.0. The zero-order valence-electron chi connectivity index (χ0n) is 19.4. The Kier molecular flexibility index (Phi) is 6.35. The van der Waals surface area contributed by atoms with Crippen LogP contribution in [0.2, 0.25) is 0 Å². The molecular formula is C25H26N4O6S. The number of sulfonamides is 1. The third kappa shape index (κ3) is 4.89. The fourth-order valence-electron chi connectivity index (χ4n) is 4.59. The summed E-state index contributed by atoms with van der Waals surface area (Å²) in [4.78, 5) is 51.1. The highest BCUT2D eigenvalue weighted by molar-refractivity contribution is 7.90. The molecule has 188 valence electrons. The van der Waals surface area contributed by atoms with Crippen LogP contribution in [0.4, 0.5) is 0 Å². The molecule has 2 aromatic carbocycles. The molecule has 2 aromatic rings. The topological polar surface area (TPSA) is 142 Å². The second-order valence-electron chi connectivity index (χ2n) is 9.32. The fourth-order valence-corrected chi connectivity index (χ4v) is 6.11. The Morgan fingerprint density at radius 1 is 1.06 bits per heavy atom. The molecule has 2 fully saturated rings. The van der Waals surface area contributed by atoms with Crippen LogP contribution in [0.1, 0.15) is 58.8 Å². The minimum absolute atomic E-state index is 0.132. The van der Waals surface area contributed by atoms with E-state index in [1.165, 1.54) is 4.90 Å². The lowest BCUT2D eigenvalue weighted by Crippen LogP contribution is -2.52. The number of carbonyl (C=O) groups is 4. The molecule has 36 heavy (non-hydrogen) atoms. The van der Waals surface area contributed by atoms with E-state index < -0.39 is 39.2 Å². The molecule has 2 aliphatic heterocycles. The van der Waals surface area contributed by atoms with Crippen molar-refractivity contribution in [3.8, 4) is 0 Å². The number of piperidine rings is 1. The highest BCUT2D eigenvalue weighted by atomic mass is 32.2. The molecule has 0 spiro atoms. The number of hydrogen-bond acceptors (Lipinski definition) is 6. The number of nitrogens with one attached hydrogen (secondary N) is 3. The van der Waals surface area contributed by atoms with Crippen LogP contribution in [0.3, 0.4) is 0 Å². The summed E-state index contributed by atoms with van der Waals surface area (Å²) in [5.74, 6) is -1.56. The number of imide groups is 1. The highest BCUT2D eigenvalue weighted by Gasteiger charge is 2.40. The summed E-state index contributed by atoms with van der Waals surface area (Å²) in [6.07, 6.45) is 1.64. The Morgan fingerprint density at radius 2 is 1.81 bits per heavy atom. The smallest absolute Gasteiger partial charge is 0.255 e. The molecule has 3 aliphatic rings. The van der Waals surface area contributed by atoms with Crippen molar-refractivity contribution >= 4 is 33.7 Å². The number of rotatable bonds is 8. The molecule has 1 unspecified atom stereocenters. The molecule has 0 radical (unpaired) electrons. The van der Waals surface area contributed by atoms with Gasteiger partial charge >= 0.3 is 0 Å². The molecule has 10 nitrogen and oxygen atoms in total. The van der Waals surface area contributed by atoms with Gasteiger partial charge < -0.3 is 10.2 Å². The number of nitrogens with zero attached hydrogens (tertiary/aromatic N) is 1. The average Bonchev–Trinajstić information content (AvgIpc) is 3.67. The first-order chi connectivity index (χ1) is 17.2. The van der Waals surface area contributed by atoms with Crippen molar-refractivity contribution in [1.82, 2.24) is 20.3 Å². The summed E-state index contributed by atoms with van der Waals surface area (Å²) in [5, 5.41) is 4.62. The summed E-state index contributed by atoms with van der Waals surface area (Å²) in [7, 11) is -3.61. The molecule has 1 aliphatic carbocycles. The van der Waals surface area contributed by atoms with E-state index in [0.29, 0.717) is 24.0 Å². The second kappa shape index (κ2) is 9.47. The SMILES string of the molecule is O=C1CCC(N2Cc3cc(CNC(=O)[C@@H](NS(=O)(=O)C4CC4)c4ccccc4)ccc3C2=O)C(=O)N1. The number of carbonyl (C=O) groups excluding carboxylic acids is 4. The maximum atomic E-state index is 13.1. The van der Waals surface area contributed by atoms with Gasteiger partial charge in [-0.25, -0.2) is 8.42 Å². The summed E-state index contributed by atoms with van der Waals surface area (Å²) in [6, 6.07) is 12.1. The zero-order chi connectivity index (χ0) is 25.4. The Labute approximate surface area is 208 Å². The average molecular weight is 511 g/mol. The van der Waals surface area contributed by atoms with E-state index in [9.17, 15) is 27.6 Å². The molecule has 2 atom stereocenters. The van der Waals surface area contributed by atoms with Crippen LogP contribution in [0, 0.1) is 0 Å². The van der Waals surface area contributed by atoms with Gasteiger partial charge in [0, 0.05) is 25.1 Å². The highest BCUT2D eigenvalue weighted by Crippen LogP contribution is 2.30. The largest absolute Gasteiger partial charge is 0.350 e. The van der Waals surface area contributed by atoms with E-state index in [2.05, 4.69) is 15.4 Å². The first-order valence-electron chi connectivity index (χ1n) is 11.8. The van der Waals surface area contributed by atoms with E-state index in [0.717, 1.165) is 11.1 Å². The summed E-state index contributed by atoms with van der Waals surface area (Å²) >= 11 is 0. The Hall–Kier alpha value is -3.57. The maximum absolute atomic E-state index is 13.1. The number of hydrogen-bond donors (Lipinski definition) is 3. The molecule has 1 saturated heterocycles. The van der Waals surface area contributed by atoms with Crippen LogP contribution >= 0.6 is 0 Å². The minimum atomic E-state index is -3.61. The number of amides is 4. The van der Waals surface area contributed by atoms with Crippen molar-refractivity contribution < 1.29 is 27.6 Å². The van der Waals surface area contributed by atoms with Crippen LogP contribution in [-0.2, 0) is 37.5 Å². The molecule has 3 N–H and O–H groups in total. The van der Waals surface area contributed by atoms with E-state index in [4.69, 9.17) is 0 Å². The molecule has 2 heterocycles. The van der Waals surface area contributed by atoms with Crippen molar-refractivity contribution in [3.63, 3.8) is 0 Å². The second-order valence-corrected chi connectivity index (χ2v) is 11.3. The van der Waals surface area contributed by atoms with Crippen LogP contribution in [0.5, 0.6) is 0 Å². The van der Waals surface area contributed by atoms with Crippen LogP contribution in [0.15, 0.2) is 48.5 Å². The van der Waals surface area contributed by atoms with E-state index in [1.807, 2.05) is 0 Å². The van der Waals surface area contributed by atoms with Crippen LogP contribution in [0.25, 0.3) is 0 Å². The standard InChI is InChI=1S/C25H26N4O6S/c30-21-11-10-20(23(31)27-21)29-14-17-12-15(6-9-19(17)25(29)33)13-26-24(32)22(16-4-2-1-3-5-16)28-36(34,35)18-7-8-18/h1-6,9,12,18,20,22,28H,7-8,10-11,13-14H2,(H,26,32)(H,27,30,31)/t20?,22-/m0/s1. The molecule has 1 saturated carbocycles. The van der Waals surface area contributed by atoms with Gasteiger partial charge in [-0.3, -0.25) is 24.5 Å². The van der Waals surface area contributed by atoms with Crippen molar-refractivity contribution in [2.45, 2.75) is 56.1 Å². The van der Waals surface area contributed by atoms with Gasteiger partial charge in [0.2, 0.25) is 27.7 Å². The Bertz CT molecular complexity index is 1340. The van der Waals surface area contributed by atoms with Crippen molar-refractivity contribution in [2.75, 3.05) is 0 Å². The van der Waals surface area contributed by atoms with Gasteiger partial charge in [0.05, 0.1) is 5.25 Å². The number of benzene rings is 2. The summed E-state index contributed by atoms with van der Waals surface area (Å²) < 4.78 is 27.6. The van der Waals surface area contributed by atoms with Crippen molar-refractivity contribution in [3.05, 3.63) is 70.8 Å². The van der Waals surface area contributed by atoms with Gasteiger partial charge in [-0.15, -0.1) is 0 Å². The molecule has 0 bridgehead atoms. The van der Waals surface area contributed by atoms with Gasteiger partial charge in [0.1, 0.15) is 12.1 Å². The summed E-state index contributed by atoms with van der Waals surface area (Å²) in [6.45, 7) is 0.364. The first-order valence-corrected chi connectivity index (χ1v) is 13.4. The minimum Gasteiger partial charge on any atom is -0.350 e. The lowest BCUT2D eigenvalue weighted by molar-refractivity contribution is -0.137. The predicted molar refractivity (Wildman–Crippen MR) is 129 cm³/mol. The van der Waals surface area contributed by atoms with E-state index in [-0.39, 0.29) is 37.7 Å². The van der Waals surface area contributed by atoms with Crippen LogP contribution in [-0.4, -0.2) is 48.2 Å². The van der Waals surface area contributed by atoms with Gasteiger partial charge in [0.25, 0.3) is 5.91 Å². The maximum Gasteiger partial charge on any atom is 0.255 e.